The minimum Gasteiger partial charge on any atom is -0.465 e. The predicted molar refractivity (Wildman–Crippen MR) is 133 cm³/mol. The van der Waals surface area contributed by atoms with Crippen molar-refractivity contribution in [2.45, 2.75) is 61.4 Å². The number of Topliss-reactive ketones (excluding diaryl/α,β-unsaturated/α-hetero) is 1. The first-order chi connectivity index (χ1) is 17.0. The SMILES string of the molecule is CCC(=O)C1(OC)CCN(C(=O)O)C(NS(=O)(=O)c2ccc3ccccc3c2)(N2CCCC2)C1(C)O. The van der Waals surface area contributed by atoms with Gasteiger partial charge in [0.25, 0.3) is 0 Å². The molecule has 2 aromatic carbocycles. The van der Waals surface area contributed by atoms with Crippen LogP contribution in [-0.2, 0) is 19.6 Å². The van der Waals surface area contributed by atoms with Crippen LogP contribution >= 0.6 is 0 Å². The van der Waals surface area contributed by atoms with E-state index in [2.05, 4.69) is 4.72 Å². The molecule has 3 N–H and O–H groups in total. The molecular weight excluding hydrogens is 486 g/mol. The summed E-state index contributed by atoms with van der Waals surface area (Å²) < 4.78 is 36.1. The van der Waals surface area contributed by atoms with E-state index in [1.54, 1.807) is 30.0 Å². The Morgan fingerprint density at radius 3 is 2.31 bits per heavy atom. The number of ether oxygens (including phenoxy) is 1. The van der Waals surface area contributed by atoms with Crippen molar-refractivity contribution in [3.05, 3.63) is 42.5 Å². The van der Waals surface area contributed by atoms with Gasteiger partial charge in [0.15, 0.2) is 17.2 Å². The van der Waals surface area contributed by atoms with Crippen LogP contribution in [0, 0.1) is 0 Å². The van der Waals surface area contributed by atoms with Gasteiger partial charge in [-0.05, 0) is 42.7 Å². The number of likely N-dealkylation sites (tertiary alicyclic amines) is 2. The largest absolute Gasteiger partial charge is 0.465 e. The second-order valence-corrected chi connectivity index (χ2v) is 11.2. The maximum atomic E-state index is 13.9. The number of sulfonamides is 1. The molecule has 2 fully saturated rings. The Hall–Kier alpha value is -2.57. The van der Waals surface area contributed by atoms with Crippen LogP contribution in [-0.4, -0.2) is 84.0 Å². The van der Waals surface area contributed by atoms with E-state index in [1.165, 1.54) is 26.2 Å². The van der Waals surface area contributed by atoms with Crippen LogP contribution in [0.1, 0.15) is 39.5 Å². The molecule has 2 heterocycles. The number of fused-ring (bicyclic) bond motifs is 1. The van der Waals surface area contributed by atoms with E-state index in [4.69, 9.17) is 4.74 Å². The molecule has 2 aliphatic heterocycles. The zero-order valence-corrected chi connectivity index (χ0v) is 21.5. The van der Waals surface area contributed by atoms with E-state index < -0.39 is 38.9 Å². The number of hydrogen-bond acceptors (Lipinski definition) is 7. The average Bonchev–Trinajstić information content (AvgIpc) is 3.39. The second-order valence-electron chi connectivity index (χ2n) is 9.55. The molecule has 2 aromatic rings. The lowest BCUT2D eigenvalue weighted by Crippen LogP contribution is -2.88. The number of carbonyl (C=O) groups excluding carboxylic acids is 1. The summed E-state index contributed by atoms with van der Waals surface area (Å²) in [7, 11) is -3.12. The minimum absolute atomic E-state index is 0.0184. The highest BCUT2D eigenvalue weighted by Gasteiger charge is 2.72. The number of hydrogen-bond donors (Lipinski definition) is 3. The quantitative estimate of drug-likeness (QED) is 0.507. The van der Waals surface area contributed by atoms with Crippen LogP contribution in [0.3, 0.4) is 0 Å². The summed E-state index contributed by atoms with van der Waals surface area (Å²) in [5, 5.41) is 24.0. The normalized spacial score (nSPS) is 29.5. The number of methoxy groups -OCH3 is 1. The Kier molecular flexibility index (Phi) is 6.91. The van der Waals surface area contributed by atoms with Gasteiger partial charge >= 0.3 is 6.09 Å². The summed E-state index contributed by atoms with van der Waals surface area (Å²) in [6.07, 6.45) is -0.181. The predicted octanol–water partition coefficient (Wildman–Crippen LogP) is 2.37. The van der Waals surface area contributed by atoms with Crippen molar-refractivity contribution in [1.29, 1.82) is 0 Å². The lowest BCUT2D eigenvalue weighted by Gasteiger charge is -2.63. The maximum Gasteiger partial charge on any atom is 0.409 e. The van der Waals surface area contributed by atoms with Gasteiger partial charge in [0.05, 0.1) is 4.90 Å². The third kappa shape index (κ3) is 3.81. The van der Waals surface area contributed by atoms with E-state index in [0.29, 0.717) is 31.3 Å². The van der Waals surface area contributed by atoms with E-state index in [9.17, 15) is 28.2 Å². The van der Waals surface area contributed by atoms with Crippen molar-refractivity contribution in [1.82, 2.24) is 14.5 Å². The molecule has 1 amide bonds. The summed E-state index contributed by atoms with van der Waals surface area (Å²) in [6.45, 7) is 3.34. The zero-order valence-electron chi connectivity index (χ0n) is 20.7. The Morgan fingerprint density at radius 2 is 1.72 bits per heavy atom. The van der Waals surface area contributed by atoms with Crippen LogP contribution in [0.5, 0.6) is 0 Å². The van der Waals surface area contributed by atoms with Gasteiger partial charge in [0, 0.05) is 39.6 Å². The highest BCUT2D eigenvalue weighted by molar-refractivity contribution is 7.89. The zero-order chi connectivity index (χ0) is 26.4. The van der Waals surface area contributed by atoms with Crippen LogP contribution < -0.4 is 4.72 Å². The molecule has 36 heavy (non-hydrogen) atoms. The molecule has 10 nitrogen and oxygen atoms in total. The second kappa shape index (κ2) is 9.38. The highest BCUT2D eigenvalue weighted by atomic mass is 32.2. The number of rotatable bonds is 7. The van der Waals surface area contributed by atoms with Gasteiger partial charge in [0.1, 0.15) is 5.60 Å². The number of benzene rings is 2. The molecule has 3 unspecified atom stereocenters. The van der Waals surface area contributed by atoms with Gasteiger partial charge < -0.3 is 14.9 Å². The van der Waals surface area contributed by atoms with Gasteiger partial charge in [-0.25, -0.2) is 13.2 Å². The molecule has 196 valence electrons. The molecule has 2 saturated heterocycles. The Bertz CT molecular complexity index is 1280. The number of nitrogens with one attached hydrogen (secondary N) is 1. The summed E-state index contributed by atoms with van der Waals surface area (Å²) in [6, 6.07) is 11.9. The molecule has 4 rings (SSSR count). The fourth-order valence-electron chi connectivity index (χ4n) is 5.88. The minimum atomic E-state index is -4.40. The number of ketones is 1. The standard InChI is InChI=1S/C25H33N3O7S/c1-4-21(29)24(35-3)13-16-28(22(30)31)25(23(24,2)32,27-14-7-8-15-27)26-36(33,34)20-12-11-18-9-5-6-10-19(18)17-20/h5-6,9-12,17,26,32H,4,7-8,13-16H2,1-3H3,(H,30,31). The highest BCUT2D eigenvalue weighted by Crippen LogP contribution is 2.48. The van der Waals surface area contributed by atoms with E-state index in [0.717, 1.165) is 10.3 Å². The van der Waals surface area contributed by atoms with Crippen LogP contribution in [0.15, 0.2) is 47.4 Å². The van der Waals surface area contributed by atoms with Crippen LogP contribution in [0.2, 0.25) is 0 Å². The van der Waals surface area contributed by atoms with Crippen molar-refractivity contribution in [3.8, 4) is 0 Å². The monoisotopic (exact) mass is 519 g/mol. The van der Waals surface area contributed by atoms with E-state index in [1.807, 2.05) is 12.1 Å². The van der Waals surface area contributed by atoms with Crippen molar-refractivity contribution in [2.24, 2.45) is 0 Å². The van der Waals surface area contributed by atoms with Crippen molar-refractivity contribution >= 4 is 32.7 Å². The molecule has 0 aliphatic carbocycles. The summed E-state index contributed by atoms with van der Waals surface area (Å²) in [5.74, 6) is -2.63. The van der Waals surface area contributed by atoms with E-state index >= 15 is 0 Å². The molecule has 0 saturated carbocycles. The first-order valence-electron chi connectivity index (χ1n) is 12.1. The lowest BCUT2D eigenvalue weighted by atomic mass is 9.69. The average molecular weight is 520 g/mol. The van der Waals surface area contributed by atoms with Gasteiger partial charge in [-0.2, -0.15) is 4.72 Å². The number of piperidine rings is 1. The van der Waals surface area contributed by atoms with E-state index in [-0.39, 0.29) is 24.3 Å². The lowest BCUT2D eigenvalue weighted by molar-refractivity contribution is -0.279. The third-order valence-corrected chi connectivity index (χ3v) is 9.19. The maximum absolute atomic E-state index is 13.9. The molecular formula is C25H33N3O7S. The molecule has 0 bridgehead atoms. The van der Waals surface area contributed by atoms with Gasteiger partial charge in [-0.3, -0.25) is 14.6 Å². The summed E-state index contributed by atoms with van der Waals surface area (Å²) >= 11 is 0. The molecule has 0 radical (unpaired) electrons. The molecule has 2 aliphatic rings. The molecule has 3 atom stereocenters. The number of nitrogens with zero attached hydrogens (tertiary/aromatic N) is 2. The van der Waals surface area contributed by atoms with Gasteiger partial charge in [-0.1, -0.05) is 37.3 Å². The topological polar surface area (TPSA) is 136 Å². The van der Waals surface area contributed by atoms with Crippen molar-refractivity contribution in [2.75, 3.05) is 26.7 Å². The molecule has 0 aromatic heterocycles. The Labute approximate surface area is 210 Å². The van der Waals surface area contributed by atoms with Crippen molar-refractivity contribution in [3.63, 3.8) is 0 Å². The molecule has 0 spiro atoms. The summed E-state index contributed by atoms with van der Waals surface area (Å²) in [5.41, 5.74) is -4.12. The smallest absolute Gasteiger partial charge is 0.409 e. The fraction of sp³-hybridized carbons (Fsp3) is 0.520. The number of aliphatic hydroxyl groups is 1. The van der Waals surface area contributed by atoms with Crippen LogP contribution in [0.4, 0.5) is 4.79 Å². The Morgan fingerprint density at radius 1 is 1.08 bits per heavy atom. The number of amides is 1. The number of carbonyl (C=O) groups is 2. The van der Waals surface area contributed by atoms with Crippen molar-refractivity contribution < 1.29 is 33.0 Å². The van der Waals surface area contributed by atoms with Crippen LogP contribution in [0.25, 0.3) is 10.8 Å². The first-order valence-corrected chi connectivity index (χ1v) is 13.5. The Balaban J connectivity index is 1.94. The summed E-state index contributed by atoms with van der Waals surface area (Å²) in [4.78, 5) is 28.2. The fourth-order valence-corrected chi connectivity index (χ4v) is 7.34. The van der Waals surface area contributed by atoms with Gasteiger partial charge in [0.2, 0.25) is 10.0 Å². The third-order valence-electron chi connectivity index (χ3n) is 7.77. The number of carboxylic acid groups (broad SMARTS) is 1. The molecule has 11 heteroatoms. The first kappa shape index (κ1) is 26.5. The van der Waals surface area contributed by atoms with Gasteiger partial charge in [-0.15, -0.1) is 0 Å².